The van der Waals surface area contributed by atoms with Gasteiger partial charge >= 0.3 is 12.7 Å². The van der Waals surface area contributed by atoms with E-state index < -0.39 is 24.2 Å². The number of carbonyl (C=O) groups excluding carboxylic acids is 2. The van der Waals surface area contributed by atoms with Crippen molar-refractivity contribution in [3.05, 3.63) is 16.3 Å². The number of alkyl carbamates (subject to hydrolysis) is 1. The van der Waals surface area contributed by atoms with Crippen molar-refractivity contribution in [3.63, 3.8) is 0 Å². The monoisotopic (exact) mass is 336 g/mol. The molecule has 0 fully saturated rings. The van der Waals surface area contributed by atoms with Crippen molar-refractivity contribution in [2.24, 2.45) is 0 Å². The Morgan fingerprint density at radius 2 is 1.91 bits per heavy atom. The predicted octanol–water partition coefficient (Wildman–Crippen LogP) is 2.60. The molecule has 0 saturated carbocycles. The molecule has 0 unspecified atom stereocenters. The zero-order valence-corrected chi connectivity index (χ0v) is 13.3. The van der Waals surface area contributed by atoms with Crippen LogP contribution < -0.4 is 15.4 Å². The zero-order valence-electron chi connectivity index (χ0n) is 12.4. The number of hydrogen-bond acceptors (Lipinski definition) is 5. The molecule has 0 bridgehead atoms. The van der Waals surface area contributed by atoms with E-state index in [0.717, 1.165) is 11.3 Å². The maximum atomic E-state index is 12.2. The lowest BCUT2D eigenvalue weighted by atomic mass is 10.2. The van der Waals surface area contributed by atoms with E-state index >= 15 is 0 Å². The summed E-state index contributed by atoms with van der Waals surface area (Å²) in [6, 6.07) is 1.30. The third kappa shape index (κ3) is 6.70. The van der Waals surface area contributed by atoms with E-state index in [2.05, 4.69) is 15.4 Å². The van der Waals surface area contributed by atoms with Gasteiger partial charge in [0, 0.05) is 13.1 Å². The molecule has 22 heavy (non-hydrogen) atoms. The lowest BCUT2D eigenvalue weighted by Crippen LogP contribution is -2.37. The number of hydrogen-bond donors (Lipinski definition) is 2. The third-order valence-electron chi connectivity index (χ3n) is 2.13. The first kappa shape index (κ1) is 18.1. The third-order valence-corrected chi connectivity index (χ3v) is 3.02. The summed E-state index contributed by atoms with van der Waals surface area (Å²) in [5.41, 5.74) is -0.605. The average Bonchev–Trinajstić information content (AvgIpc) is 2.79. The van der Waals surface area contributed by atoms with Gasteiger partial charge in [-0.2, -0.15) is 8.78 Å². The number of nitrogens with one attached hydrogen (secondary N) is 2. The van der Waals surface area contributed by atoms with Crippen LogP contribution in [0.2, 0.25) is 0 Å². The quantitative estimate of drug-likeness (QED) is 0.783. The summed E-state index contributed by atoms with van der Waals surface area (Å²) in [7, 11) is 0. The molecule has 9 heteroatoms. The van der Waals surface area contributed by atoms with E-state index in [0.29, 0.717) is 0 Å². The Balaban J connectivity index is 2.35. The van der Waals surface area contributed by atoms with Gasteiger partial charge in [-0.3, -0.25) is 4.79 Å². The summed E-state index contributed by atoms with van der Waals surface area (Å²) < 4.78 is 33.6. The van der Waals surface area contributed by atoms with E-state index in [4.69, 9.17) is 4.74 Å². The maximum absolute atomic E-state index is 12.2. The number of rotatable bonds is 6. The highest BCUT2D eigenvalue weighted by Gasteiger charge is 2.18. The van der Waals surface area contributed by atoms with Crippen molar-refractivity contribution in [1.82, 2.24) is 10.6 Å². The van der Waals surface area contributed by atoms with Crippen LogP contribution in [-0.2, 0) is 4.74 Å². The van der Waals surface area contributed by atoms with Gasteiger partial charge < -0.3 is 20.1 Å². The van der Waals surface area contributed by atoms with E-state index in [1.807, 2.05) is 0 Å². The fraction of sp³-hybridized carbons (Fsp3) is 0.538. The van der Waals surface area contributed by atoms with Crippen LogP contribution in [0.25, 0.3) is 0 Å². The van der Waals surface area contributed by atoms with Crippen LogP contribution in [-0.4, -0.2) is 37.3 Å². The Kier molecular flexibility index (Phi) is 6.54. The average molecular weight is 336 g/mol. The summed E-state index contributed by atoms with van der Waals surface area (Å²) in [6.45, 7) is 2.48. The molecule has 0 saturated heterocycles. The Labute approximate surface area is 130 Å². The van der Waals surface area contributed by atoms with Crippen molar-refractivity contribution in [1.29, 1.82) is 0 Å². The Morgan fingerprint density at radius 1 is 1.27 bits per heavy atom. The number of thiophene rings is 1. The first-order valence-electron chi connectivity index (χ1n) is 6.46. The number of halogens is 2. The summed E-state index contributed by atoms with van der Waals surface area (Å²) in [5, 5.41) is 6.43. The molecule has 2 N–H and O–H groups in total. The Morgan fingerprint density at radius 3 is 2.50 bits per heavy atom. The Hall–Kier alpha value is -1.90. The molecule has 6 nitrogen and oxygen atoms in total. The van der Waals surface area contributed by atoms with E-state index in [-0.39, 0.29) is 23.7 Å². The SMILES string of the molecule is CC(C)(C)OC(=O)NCCNC(=O)c1sccc1OC(F)F. The first-order valence-corrected chi connectivity index (χ1v) is 7.34. The molecule has 0 aliphatic carbocycles. The predicted molar refractivity (Wildman–Crippen MR) is 77.5 cm³/mol. The summed E-state index contributed by atoms with van der Waals surface area (Å²) in [4.78, 5) is 23.2. The van der Waals surface area contributed by atoms with Gasteiger partial charge in [-0.05, 0) is 32.2 Å². The second-order valence-corrected chi connectivity index (χ2v) is 6.09. The minimum atomic E-state index is -2.99. The molecule has 124 valence electrons. The molecule has 0 radical (unpaired) electrons. The van der Waals surface area contributed by atoms with Crippen LogP contribution in [0.3, 0.4) is 0 Å². The van der Waals surface area contributed by atoms with Gasteiger partial charge in [0.25, 0.3) is 5.91 Å². The second kappa shape index (κ2) is 7.92. The van der Waals surface area contributed by atoms with Crippen molar-refractivity contribution in [3.8, 4) is 5.75 Å². The van der Waals surface area contributed by atoms with Crippen LogP contribution in [0.15, 0.2) is 11.4 Å². The molecule has 0 aromatic carbocycles. The molecule has 1 rings (SSSR count). The van der Waals surface area contributed by atoms with Crippen molar-refractivity contribution < 1.29 is 27.8 Å². The molecule has 0 aliphatic heterocycles. The minimum Gasteiger partial charge on any atom is -0.444 e. The second-order valence-electron chi connectivity index (χ2n) is 5.18. The molecule has 1 aromatic rings. The van der Waals surface area contributed by atoms with Crippen LogP contribution in [0, 0.1) is 0 Å². The van der Waals surface area contributed by atoms with Gasteiger partial charge in [0.05, 0.1) is 0 Å². The maximum Gasteiger partial charge on any atom is 0.407 e. The number of carbonyl (C=O) groups is 2. The zero-order chi connectivity index (χ0) is 16.8. The largest absolute Gasteiger partial charge is 0.444 e. The highest BCUT2D eigenvalue weighted by atomic mass is 32.1. The van der Waals surface area contributed by atoms with Crippen LogP contribution in [0.4, 0.5) is 13.6 Å². The Bertz CT molecular complexity index is 514. The van der Waals surface area contributed by atoms with Crippen molar-refractivity contribution in [2.45, 2.75) is 33.0 Å². The number of ether oxygens (including phenoxy) is 2. The van der Waals surface area contributed by atoms with Crippen LogP contribution >= 0.6 is 11.3 Å². The molecular weight excluding hydrogens is 318 g/mol. The topological polar surface area (TPSA) is 76.7 Å². The molecule has 2 amide bonds. The normalized spacial score (nSPS) is 11.2. The van der Waals surface area contributed by atoms with Gasteiger partial charge in [0.2, 0.25) is 0 Å². The van der Waals surface area contributed by atoms with Gasteiger partial charge in [0.1, 0.15) is 16.2 Å². The van der Waals surface area contributed by atoms with E-state index in [1.54, 1.807) is 20.8 Å². The van der Waals surface area contributed by atoms with Gasteiger partial charge in [0.15, 0.2) is 0 Å². The van der Waals surface area contributed by atoms with Gasteiger partial charge in [-0.25, -0.2) is 4.79 Å². The fourth-order valence-corrected chi connectivity index (χ4v) is 2.13. The van der Waals surface area contributed by atoms with E-state index in [1.165, 1.54) is 11.4 Å². The fourth-order valence-electron chi connectivity index (χ4n) is 1.39. The van der Waals surface area contributed by atoms with E-state index in [9.17, 15) is 18.4 Å². The van der Waals surface area contributed by atoms with Crippen LogP contribution in [0.1, 0.15) is 30.4 Å². The lowest BCUT2D eigenvalue weighted by molar-refractivity contribution is -0.0498. The number of amides is 2. The van der Waals surface area contributed by atoms with Crippen LogP contribution in [0.5, 0.6) is 5.75 Å². The first-order chi connectivity index (χ1) is 10.2. The summed E-state index contributed by atoms with van der Waals surface area (Å²) in [6.07, 6.45) is -0.598. The molecule has 0 atom stereocenters. The standard InChI is InChI=1S/C13H18F2N2O4S/c1-13(2,3)21-12(19)17-6-5-16-10(18)9-8(4-7-22-9)20-11(14)15/h4,7,11H,5-6H2,1-3H3,(H,16,18)(H,17,19). The van der Waals surface area contributed by atoms with Gasteiger partial charge in [-0.15, -0.1) is 11.3 Å². The highest BCUT2D eigenvalue weighted by Crippen LogP contribution is 2.26. The minimum absolute atomic E-state index is 0.0533. The summed E-state index contributed by atoms with van der Waals surface area (Å²) >= 11 is 0.989. The molecule has 0 aliphatic rings. The van der Waals surface area contributed by atoms with Gasteiger partial charge in [-0.1, -0.05) is 0 Å². The lowest BCUT2D eigenvalue weighted by Gasteiger charge is -2.19. The molecule has 0 spiro atoms. The van der Waals surface area contributed by atoms with Crippen molar-refractivity contribution in [2.75, 3.05) is 13.1 Å². The molecule has 1 aromatic heterocycles. The number of alkyl halides is 2. The molecule has 1 heterocycles. The molecular formula is C13H18F2N2O4S. The highest BCUT2D eigenvalue weighted by molar-refractivity contribution is 7.12. The smallest absolute Gasteiger partial charge is 0.407 e. The summed E-state index contributed by atoms with van der Waals surface area (Å²) in [5.74, 6) is -0.714. The van der Waals surface area contributed by atoms with Crippen molar-refractivity contribution >= 4 is 23.3 Å².